The van der Waals surface area contributed by atoms with Crippen molar-refractivity contribution in [3.8, 4) is 5.75 Å². The topological polar surface area (TPSA) is 71.2 Å². The second-order valence-corrected chi connectivity index (χ2v) is 4.77. The quantitative estimate of drug-likeness (QED) is 0.911. The molecule has 1 amide bonds. The van der Waals surface area contributed by atoms with Crippen LogP contribution in [0.25, 0.3) is 0 Å². The highest BCUT2D eigenvalue weighted by Gasteiger charge is 2.31. The van der Waals surface area contributed by atoms with Crippen LogP contribution in [0.15, 0.2) is 35.3 Å². The van der Waals surface area contributed by atoms with Gasteiger partial charge in [0.05, 0.1) is 12.7 Å². The first-order valence-electron chi connectivity index (χ1n) is 6.48. The van der Waals surface area contributed by atoms with E-state index in [1.165, 1.54) is 19.2 Å². The third-order valence-corrected chi connectivity index (χ3v) is 3.15. The Balaban J connectivity index is 2.32. The molecular weight excluding hydrogens is 313 g/mol. The largest absolute Gasteiger partial charge is 0.496 e. The molecule has 122 valence electrons. The van der Waals surface area contributed by atoms with Gasteiger partial charge in [0.25, 0.3) is 11.5 Å². The van der Waals surface area contributed by atoms with Gasteiger partial charge in [-0.3, -0.25) is 9.59 Å². The summed E-state index contributed by atoms with van der Waals surface area (Å²) in [5.74, 6) is -0.260. The van der Waals surface area contributed by atoms with Crippen molar-refractivity contribution in [1.82, 2.24) is 4.98 Å². The van der Waals surface area contributed by atoms with E-state index in [9.17, 15) is 22.8 Å². The molecule has 0 saturated heterocycles. The molecule has 23 heavy (non-hydrogen) atoms. The zero-order chi connectivity index (χ0) is 17.2. The minimum atomic E-state index is -4.63. The lowest BCUT2D eigenvalue weighted by Crippen LogP contribution is -2.21. The Bertz CT molecular complexity index is 797. The average molecular weight is 326 g/mol. The first-order chi connectivity index (χ1) is 10.7. The van der Waals surface area contributed by atoms with E-state index in [2.05, 4.69) is 5.32 Å². The Morgan fingerprint density at radius 3 is 2.57 bits per heavy atom. The average Bonchev–Trinajstić information content (AvgIpc) is 2.48. The molecule has 0 bridgehead atoms. The number of ether oxygens (including phenoxy) is 1. The van der Waals surface area contributed by atoms with Crippen molar-refractivity contribution in [3.05, 3.63) is 57.5 Å². The normalized spacial score (nSPS) is 11.2. The number of pyridine rings is 1. The van der Waals surface area contributed by atoms with Crippen LogP contribution < -0.4 is 15.6 Å². The second kappa shape index (κ2) is 6.15. The summed E-state index contributed by atoms with van der Waals surface area (Å²) in [6.07, 6.45) is -4.08. The molecule has 0 spiro atoms. The molecule has 0 saturated carbocycles. The summed E-state index contributed by atoms with van der Waals surface area (Å²) in [6.45, 7) is 1.78. The highest BCUT2D eigenvalue weighted by Crippen LogP contribution is 2.29. The number of amides is 1. The van der Waals surface area contributed by atoms with Crippen LogP contribution in [0.5, 0.6) is 5.75 Å². The number of alkyl halides is 3. The van der Waals surface area contributed by atoms with Crippen molar-refractivity contribution in [3.63, 3.8) is 0 Å². The summed E-state index contributed by atoms with van der Waals surface area (Å²) in [7, 11) is 1.43. The molecular formula is C15H13F3N2O3. The second-order valence-electron chi connectivity index (χ2n) is 4.77. The molecule has 2 aromatic rings. The van der Waals surface area contributed by atoms with Crippen LogP contribution in [0.4, 0.5) is 18.9 Å². The highest BCUT2D eigenvalue weighted by atomic mass is 19.4. The van der Waals surface area contributed by atoms with Gasteiger partial charge in [0, 0.05) is 11.8 Å². The van der Waals surface area contributed by atoms with E-state index >= 15 is 0 Å². The first-order valence-corrected chi connectivity index (χ1v) is 6.48. The fraction of sp³-hybridized carbons (Fsp3) is 0.200. The number of hydrogen-bond acceptors (Lipinski definition) is 3. The molecule has 0 aliphatic rings. The number of H-pyrrole nitrogens is 1. The molecule has 0 radical (unpaired) electrons. The van der Waals surface area contributed by atoms with Crippen LogP contribution in [-0.4, -0.2) is 18.0 Å². The number of nitrogens with one attached hydrogen (secondary N) is 2. The van der Waals surface area contributed by atoms with Gasteiger partial charge in [-0.05, 0) is 30.7 Å². The number of aromatic amines is 1. The number of aryl methyl sites for hydroxylation is 1. The lowest BCUT2D eigenvalue weighted by molar-refractivity contribution is -0.137. The van der Waals surface area contributed by atoms with Crippen molar-refractivity contribution in [2.24, 2.45) is 0 Å². The number of anilines is 1. The van der Waals surface area contributed by atoms with Crippen LogP contribution in [0.2, 0.25) is 0 Å². The van der Waals surface area contributed by atoms with Crippen molar-refractivity contribution < 1.29 is 22.7 Å². The van der Waals surface area contributed by atoms with Gasteiger partial charge >= 0.3 is 6.18 Å². The van der Waals surface area contributed by atoms with E-state index in [1.807, 2.05) is 4.98 Å². The zero-order valence-corrected chi connectivity index (χ0v) is 12.2. The third-order valence-electron chi connectivity index (χ3n) is 3.15. The lowest BCUT2D eigenvalue weighted by atomic mass is 10.1. The maximum atomic E-state index is 12.7. The zero-order valence-electron chi connectivity index (χ0n) is 12.2. The number of hydrogen-bond donors (Lipinski definition) is 2. The number of benzene rings is 1. The highest BCUT2D eigenvalue weighted by molar-refractivity contribution is 6.04. The number of methoxy groups -OCH3 is 1. The molecule has 0 aliphatic carbocycles. The van der Waals surface area contributed by atoms with E-state index in [0.29, 0.717) is 18.0 Å². The van der Waals surface area contributed by atoms with E-state index in [-0.39, 0.29) is 5.56 Å². The van der Waals surface area contributed by atoms with Crippen LogP contribution in [0, 0.1) is 6.92 Å². The van der Waals surface area contributed by atoms with Crippen molar-refractivity contribution in [2.45, 2.75) is 13.1 Å². The van der Waals surface area contributed by atoms with Crippen LogP contribution in [0.1, 0.15) is 21.5 Å². The fourth-order valence-corrected chi connectivity index (χ4v) is 1.90. The van der Waals surface area contributed by atoms with Crippen molar-refractivity contribution >= 4 is 11.6 Å². The Kier molecular flexibility index (Phi) is 4.44. The van der Waals surface area contributed by atoms with Crippen LogP contribution >= 0.6 is 0 Å². The Morgan fingerprint density at radius 1 is 1.26 bits per heavy atom. The van der Waals surface area contributed by atoms with Gasteiger partial charge in [-0.15, -0.1) is 0 Å². The van der Waals surface area contributed by atoms with Gasteiger partial charge in [-0.1, -0.05) is 6.07 Å². The first kappa shape index (κ1) is 16.6. The molecule has 0 aliphatic heterocycles. The third kappa shape index (κ3) is 3.71. The van der Waals surface area contributed by atoms with Crippen LogP contribution in [0.3, 0.4) is 0 Å². The smallest absolute Gasteiger partial charge is 0.417 e. The van der Waals surface area contributed by atoms with E-state index in [0.717, 1.165) is 5.56 Å². The van der Waals surface area contributed by atoms with Gasteiger partial charge in [-0.2, -0.15) is 13.2 Å². The van der Waals surface area contributed by atoms with Gasteiger partial charge in [0.2, 0.25) is 0 Å². The number of carbonyl (C=O) groups is 1. The SMILES string of the molecule is COc1cc(C(=O)Nc2cc(C(F)(F)F)c[nH]c2=O)ccc1C. The molecule has 5 nitrogen and oxygen atoms in total. The standard InChI is InChI=1S/C15H13F3N2O3/c1-8-3-4-9(5-12(8)23-2)13(21)20-11-6-10(15(16,17)18)7-19-14(11)22/h3-7H,1-2H3,(H,19,22)(H,20,21). The summed E-state index contributed by atoms with van der Waals surface area (Å²) in [5, 5.41) is 2.17. The summed E-state index contributed by atoms with van der Waals surface area (Å²) in [4.78, 5) is 25.6. The van der Waals surface area contributed by atoms with Crippen molar-refractivity contribution in [2.75, 3.05) is 12.4 Å². The van der Waals surface area contributed by atoms with Gasteiger partial charge in [0.15, 0.2) is 0 Å². The molecule has 2 N–H and O–H groups in total. The predicted molar refractivity (Wildman–Crippen MR) is 77.7 cm³/mol. The Hall–Kier alpha value is -2.77. The number of halogens is 3. The Labute approximate surface area is 129 Å². The molecule has 0 atom stereocenters. The van der Waals surface area contributed by atoms with Gasteiger partial charge in [-0.25, -0.2) is 0 Å². The summed E-state index contributed by atoms with van der Waals surface area (Å²) in [6, 6.07) is 5.13. The summed E-state index contributed by atoms with van der Waals surface area (Å²) in [5.41, 5.74) is -1.42. The van der Waals surface area contributed by atoms with Gasteiger partial charge < -0.3 is 15.0 Å². The van der Waals surface area contributed by atoms with E-state index in [1.54, 1.807) is 13.0 Å². The summed E-state index contributed by atoms with van der Waals surface area (Å²) >= 11 is 0. The molecule has 8 heteroatoms. The maximum Gasteiger partial charge on any atom is 0.417 e. The summed E-state index contributed by atoms with van der Waals surface area (Å²) < 4.78 is 43.0. The maximum absolute atomic E-state index is 12.7. The number of rotatable bonds is 3. The number of carbonyl (C=O) groups excluding carboxylic acids is 1. The van der Waals surface area contributed by atoms with E-state index < -0.39 is 28.9 Å². The monoisotopic (exact) mass is 326 g/mol. The molecule has 1 aromatic carbocycles. The molecule has 0 unspecified atom stereocenters. The minimum absolute atomic E-state index is 0.157. The number of aromatic nitrogens is 1. The fourth-order valence-electron chi connectivity index (χ4n) is 1.90. The molecule has 0 fully saturated rings. The predicted octanol–water partition coefficient (Wildman–Crippen LogP) is 2.96. The van der Waals surface area contributed by atoms with E-state index in [4.69, 9.17) is 4.74 Å². The lowest BCUT2D eigenvalue weighted by Gasteiger charge is -2.10. The van der Waals surface area contributed by atoms with Gasteiger partial charge in [0.1, 0.15) is 11.4 Å². The van der Waals surface area contributed by atoms with Crippen LogP contribution in [-0.2, 0) is 6.18 Å². The molecule has 1 aromatic heterocycles. The molecule has 1 heterocycles. The van der Waals surface area contributed by atoms with Crippen molar-refractivity contribution in [1.29, 1.82) is 0 Å². The Morgan fingerprint density at radius 2 is 1.96 bits per heavy atom. The minimum Gasteiger partial charge on any atom is -0.496 e. The molecule has 2 rings (SSSR count).